The highest BCUT2D eigenvalue weighted by atomic mass is 16.7. The molecule has 0 spiro atoms. The van der Waals surface area contributed by atoms with Gasteiger partial charge >= 0.3 is 6.16 Å². The van der Waals surface area contributed by atoms with Crippen LogP contribution in [0.4, 0.5) is 4.79 Å². The lowest BCUT2D eigenvalue weighted by atomic mass is 9.99. The molecule has 0 saturated heterocycles. The van der Waals surface area contributed by atoms with E-state index in [1.165, 1.54) is 12.7 Å². The molecule has 3 nitrogen and oxygen atoms in total. The molecule has 0 aliphatic rings. The summed E-state index contributed by atoms with van der Waals surface area (Å²) in [7, 11) is 1.32. The number of aryl methyl sites for hydroxylation is 1. The lowest BCUT2D eigenvalue weighted by molar-refractivity contribution is 0.0685. The van der Waals surface area contributed by atoms with Crippen LogP contribution in [0.25, 0.3) is 0 Å². The Morgan fingerprint density at radius 1 is 1.24 bits per heavy atom. The molecule has 0 aliphatic heterocycles. The number of carbonyl (C=O) groups is 1. The maximum atomic E-state index is 10.7. The summed E-state index contributed by atoms with van der Waals surface area (Å²) in [5, 5.41) is 0. The Hall–Kier alpha value is -1.51. The molecule has 0 aliphatic carbocycles. The first-order valence-corrected chi connectivity index (χ1v) is 5.97. The zero-order chi connectivity index (χ0) is 12.5. The van der Waals surface area contributed by atoms with E-state index in [4.69, 9.17) is 4.74 Å². The standard InChI is InChI=1S/C14H20O3/c1-12(10-11-17-14(15)16-2)8-9-13-6-4-3-5-7-13/h3-7,12H,8-11H2,1-2H3/t12-/m0/s1. The van der Waals surface area contributed by atoms with Crippen LogP contribution in [0.15, 0.2) is 30.3 Å². The second-order valence-electron chi connectivity index (χ2n) is 4.22. The number of benzene rings is 1. The fraction of sp³-hybridized carbons (Fsp3) is 0.500. The fourth-order valence-corrected chi connectivity index (χ4v) is 1.60. The van der Waals surface area contributed by atoms with E-state index in [0.29, 0.717) is 12.5 Å². The third-order valence-corrected chi connectivity index (χ3v) is 2.77. The van der Waals surface area contributed by atoms with Gasteiger partial charge in [-0.25, -0.2) is 4.79 Å². The van der Waals surface area contributed by atoms with E-state index in [1.807, 2.05) is 6.07 Å². The molecule has 0 heterocycles. The minimum absolute atomic E-state index is 0.433. The minimum Gasteiger partial charge on any atom is -0.438 e. The average Bonchev–Trinajstić information content (AvgIpc) is 2.37. The van der Waals surface area contributed by atoms with Crippen molar-refractivity contribution in [1.82, 2.24) is 0 Å². The smallest absolute Gasteiger partial charge is 0.438 e. The maximum Gasteiger partial charge on any atom is 0.507 e. The molecule has 0 amide bonds. The maximum absolute atomic E-state index is 10.7. The monoisotopic (exact) mass is 236 g/mol. The summed E-state index contributed by atoms with van der Waals surface area (Å²) in [6, 6.07) is 10.4. The summed E-state index contributed by atoms with van der Waals surface area (Å²) in [4.78, 5) is 10.7. The van der Waals surface area contributed by atoms with Gasteiger partial charge in [0.25, 0.3) is 0 Å². The van der Waals surface area contributed by atoms with Crippen LogP contribution < -0.4 is 0 Å². The molecule has 0 saturated carbocycles. The van der Waals surface area contributed by atoms with Crippen molar-refractivity contribution in [1.29, 1.82) is 0 Å². The third-order valence-electron chi connectivity index (χ3n) is 2.77. The highest BCUT2D eigenvalue weighted by Gasteiger charge is 2.05. The van der Waals surface area contributed by atoms with Gasteiger partial charge in [-0.2, -0.15) is 0 Å². The van der Waals surface area contributed by atoms with Gasteiger partial charge in [0.05, 0.1) is 13.7 Å². The summed E-state index contributed by atoms with van der Waals surface area (Å²) in [5.41, 5.74) is 1.35. The van der Waals surface area contributed by atoms with Gasteiger partial charge in [-0.15, -0.1) is 0 Å². The predicted molar refractivity (Wildman–Crippen MR) is 66.9 cm³/mol. The summed E-state index contributed by atoms with van der Waals surface area (Å²) >= 11 is 0. The first kappa shape index (κ1) is 13.6. The molecule has 1 rings (SSSR count). The SMILES string of the molecule is COC(=O)OCC[C@@H](C)CCc1ccccc1. The van der Waals surface area contributed by atoms with Gasteiger partial charge in [0.2, 0.25) is 0 Å². The van der Waals surface area contributed by atoms with Gasteiger partial charge in [0.1, 0.15) is 0 Å². The topological polar surface area (TPSA) is 35.5 Å². The molecule has 1 aromatic carbocycles. The van der Waals surface area contributed by atoms with Crippen molar-refractivity contribution in [2.45, 2.75) is 26.2 Å². The molecule has 0 bridgehead atoms. The lowest BCUT2D eigenvalue weighted by Gasteiger charge is -2.11. The van der Waals surface area contributed by atoms with Crippen LogP contribution in [0, 0.1) is 5.92 Å². The third kappa shape index (κ3) is 5.95. The number of hydrogen-bond acceptors (Lipinski definition) is 3. The number of hydrogen-bond donors (Lipinski definition) is 0. The normalized spacial score (nSPS) is 11.9. The summed E-state index contributed by atoms with van der Waals surface area (Å²) in [6.07, 6.45) is 2.46. The van der Waals surface area contributed by atoms with Crippen molar-refractivity contribution in [2.24, 2.45) is 5.92 Å². The van der Waals surface area contributed by atoms with E-state index < -0.39 is 6.16 Å². The average molecular weight is 236 g/mol. The van der Waals surface area contributed by atoms with E-state index >= 15 is 0 Å². The second-order valence-corrected chi connectivity index (χ2v) is 4.22. The van der Waals surface area contributed by atoms with Crippen molar-refractivity contribution in [3.8, 4) is 0 Å². The minimum atomic E-state index is -0.597. The van der Waals surface area contributed by atoms with Gasteiger partial charge in [0.15, 0.2) is 0 Å². The molecule has 1 atom stereocenters. The molecule has 0 radical (unpaired) electrons. The molecule has 0 unspecified atom stereocenters. The number of rotatable bonds is 6. The molecule has 0 N–H and O–H groups in total. The number of carbonyl (C=O) groups excluding carboxylic acids is 1. The molecule has 0 fully saturated rings. The van der Waals surface area contributed by atoms with Crippen LogP contribution in [0.1, 0.15) is 25.3 Å². The quantitative estimate of drug-likeness (QED) is 0.710. The van der Waals surface area contributed by atoms with Gasteiger partial charge in [-0.05, 0) is 30.7 Å². The van der Waals surface area contributed by atoms with Crippen LogP contribution in [-0.2, 0) is 15.9 Å². The summed E-state index contributed by atoms with van der Waals surface area (Å²) in [5.74, 6) is 0.542. The molecular weight excluding hydrogens is 216 g/mol. The van der Waals surface area contributed by atoms with Crippen molar-refractivity contribution >= 4 is 6.16 Å². The van der Waals surface area contributed by atoms with Gasteiger partial charge in [-0.1, -0.05) is 37.3 Å². The Balaban J connectivity index is 2.13. The van der Waals surface area contributed by atoms with Crippen molar-refractivity contribution < 1.29 is 14.3 Å². The molecule has 0 aromatic heterocycles. The van der Waals surface area contributed by atoms with Gasteiger partial charge in [-0.3, -0.25) is 0 Å². The molecule has 1 aromatic rings. The Bertz CT molecular complexity index is 321. The van der Waals surface area contributed by atoms with E-state index in [9.17, 15) is 4.79 Å². The predicted octanol–water partition coefficient (Wildman–Crippen LogP) is 3.43. The van der Waals surface area contributed by atoms with Crippen LogP contribution in [0.2, 0.25) is 0 Å². The van der Waals surface area contributed by atoms with Crippen molar-refractivity contribution in [2.75, 3.05) is 13.7 Å². The van der Waals surface area contributed by atoms with E-state index in [1.54, 1.807) is 0 Å². The zero-order valence-corrected chi connectivity index (χ0v) is 10.5. The molecular formula is C14H20O3. The van der Waals surface area contributed by atoms with Crippen LogP contribution in [-0.4, -0.2) is 19.9 Å². The van der Waals surface area contributed by atoms with Crippen LogP contribution >= 0.6 is 0 Å². The van der Waals surface area contributed by atoms with Gasteiger partial charge in [0, 0.05) is 0 Å². The molecule has 94 valence electrons. The first-order valence-electron chi connectivity index (χ1n) is 5.97. The van der Waals surface area contributed by atoms with Crippen molar-refractivity contribution in [3.63, 3.8) is 0 Å². The van der Waals surface area contributed by atoms with E-state index in [-0.39, 0.29) is 0 Å². The van der Waals surface area contributed by atoms with Crippen molar-refractivity contribution in [3.05, 3.63) is 35.9 Å². The number of methoxy groups -OCH3 is 1. The van der Waals surface area contributed by atoms with Crippen LogP contribution in [0.3, 0.4) is 0 Å². The Labute approximate surface area is 103 Å². The largest absolute Gasteiger partial charge is 0.507 e. The summed E-state index contributed by atoms with van der Waals surface area (Å²) in [6.45, 7) is 2.60. The second kappa shape index (κ2) is 7.71. The van der Waals surface area contributed by atoms with E-state index in [0.717, 1.165) is 19.3 Å². The molecule has 3 heteroatoms. The lowest BCUT2D eigenvalue weighted by Crippen LogP contribution is -2.08. The van der Waals surface area contributed by atoms with E-state index in [2.05, 4.69) is 35.9 Å². The van der Waals surface area contributed by atoms with Crippen LogP contribution in [0.5, 0.6) is 0 Å². The fourth-order valence-electron chi connectivity index (χ4n) is 1.60. The van der Waals surface area contributed by atoms with Gasteiger partial charge < -0.3 is 9.47 Å². The number of ether oxygens (including phenoxy) is 2. The first-order chi connectivity index (χ1) is 8.22. The summed E-state index contributed by atoms with van der Waals surface area (Å²) < 4.78 is 9.25. The Morgan fingerprint density at radius 3 is 2.59 bits per heavy atom. The Kier molecular flexibility index (Phi) is 6.15. The highest BCUT2D eigenvalue weighted by Crippen LogP contribution is 2.12. The zero-order valence-electron chi connectivity index (χ0n) is 10.5. The highest BCUT2D eigenvalue weighted by molar-refractivity contribution is 5.59. The Morgan fingerprint density at radius 2 is 1.94 bits per heavy atom. The molecule has 17 heavy (non-hydrogen) atoms.